The maximum atomic E-state index is 13.6. The highest BCUT2D eigenvalue weighted by molar-refractivity contribution is 14.0. The molecule has 3 aromatic rings. The number of hydrogen-bond acceptors (Lipinski definition) is 3. The van der Waals surface area contributed by atoms with Gasteiger partial charge in [-0.2, -0.15) is 5.10 Å². The molecule has 1 aromatic heterocycles. The summed E-state index contributed by atoms with van der Waals surface area (Å²) in [5.41, 5.74) is 1.63. The third kappa shape index (κ3) is 6.70. The number of benzene rings is 2. The van der Waals surface area contributed by atoms with Crippen molar-refractivity contribution in [3.8, 4) is 5.69 Å². The van der Waals surface area contributed by atoms with Crippen LogP contribution in [0.15, 0.2) is 59.9 Å². The molecule has 0 aliphatic carbocycles. The largest absolute Gasteiger partial charge is 0.356 e. The third-order valence-corrected chi connectivity index (χ3v) is 4.36. The maximum absolute atomic E-state index is 13.6. The molecule has 0 fully saturated rings. The summed E-state index contributed by atoms with van der Waals surface area (Å²) in [6.45, 7) is 0.316. The second-order valence-electron chi connectivity index (χ2n) is 6.49. The number of aliphatic imine (C=N–C) groups is 1. The summed E-state index contributed by atoms with van der Waals surface area (Å²) in [7, 11) is 1.54. The van der Waals surface area contributed by atoms with Gasteiger partial charge in [-0.05, 0) is 42.3 Å². The van der Waals surface area contributed by atoms with Crippen LogP contribution in [0.1, 0.15) is 5.56 Å². The van der Waals surface area contributed by atoms with Crippen molar-refractivity contribution in [2.24, 2.45) is 4.99 Å². The Kier molecular flexibility index (Phi) is 9.50. The van der Waals surface area contributed by atoms with E-state index in [1.54, 1.807) is 17.9 Å². The van der Waals surface area contributed by atoms with Crippen molar-refractivity contribution < 1.29 is 18.0 Å². The van der Waals surface area contributed by atoms with Crippen molar-refractivity contribution in [2.45, 2.75) is 6.42 Å². The molecule has 0 atom stereocenters. The van der Waals surface area contributed by atoms with Gasteiger partial charge in [0, 0.05) is 26.0 Å². The van der Waals surface area contributed by atoms with Crippen molar-refractivity contribution >= 4 is 41.5 Å². The van der Waals surface area contributed by atoms with Gasteiger partial charge in [0.1, 0.15) is 0 Å². The average Bonchev–Trinajstić information content (AvgIpc) is 3.32. The van der Waals surface area contributed by atoms with E-state index in [4.69, 9.17) is 0 Å². The minimum atomic E-state index is -1.64. The SMILES string of the molecule is CN=C(NCCc1ccc(-n2cccn2)cc1)NCC(=O)Nc1ccc(F)c(F)c1F.I. The van der Waals surface area contributed by atoms with Crippen LogP contribution in [-0.2, 0) is 11.2 Å². The van der Waals surface area contributed by atoms with Crippen LogP contribution in [0.5, 0.6) is 0 Å². The summed E-state index contributed by atoms with van der Waals surface area (Å²) < 4.78 is 41.6. The Morgan fingerprint density at radius 2 is 1.81 bits per heavy atom. The van der Waals surface area contributed by atoms with Crippen LogP contribution in [-0.4, -0.2) is 41.8 Å². The molecule has 0 saturated heterocycles. The molecule has 0 radical (unpaired) electrons. The molecule has 1 amide bonds. The van der Waals surface area contributed by atoms with E-state index < -0.39 is 29.0 Å². The van der Waals surface area contributed by atoms with Gasteiger partial charge in [0.15, 0.2) is 23.4 Å². The molecule has 7 nitrogen and oxygen atoms in total. The number of rotatable bonds is 7. The van der Waals surface area contributed by atoms with E-state index in [0.29, 0.717) is 18.9 Å². The highest BCUT2D eigenvalue weighted by Crippen LogP contribution is 2.19. The lowest BCUT2D eigenvalue weighted by Crippen LogP contribution is -2.42. The number of amides is 1. The summed E-state index contributed by atoms with van der Waals surface area (Å²) in [6, 6.07) is 11.5. The molecular formula is C21H22F3IN6O. The second-order valence-corrected chi connectivity index (χ2v) is 6.49. The summed E-state index contributed by atoms with van der Waals surface area (Å²) in [6.07, 6.45) is 4.29. The summed E-state index contributed by atoms with van der Waals surface area (Å²) in [5, 5.41) is 12.2. The highest BCUT2D eigenvalue weighted by Gasteiger charge is 2.15. The summed E-state index contributed by atoms with van der Waals surface area (Å²) in [5.74, 6) is -4.68. The van der Waals surface area contributed by atoms with Gasteiger partial charge < -0.3 is 16.0 Å². The maximum Gasteiger partial charge on any atom is 0.243 e. The standard InChI is InChI=1S/C21H21F3N6O.HI/c1-25-21(27-13-18(31)29-17-8-7-16(22)19(23)20(17)24)26-11-9-14-3-5-15(6-4-14)30-12-2-10-28-30;/h2-8,10,12H,9,11,13H2,1H3,(H,29,31)(H2,25,26,27);1H. The highest BCUT2D eigenvalue weighted by atomic mass is 127. The van der Waals surface area contributed by atoms with Crippen molar-refractivity contribution in [1.82, 2.24) is 20.4 Å². The van der Waals surface area contributed by atoms with Crippen LogP contribution in [0.25, 0.3) is 5.69 Å². The van der Waals surface area contributed by atoms with Gasteiger partial charge in [-0.3, -0.25) is 9.79 Å². The molecule has 0 saturated carbocycles. The molecule has 0 aliphatic rings. The van der Waals surface area contributed by atoms with Crippen LogP contribution < -0.4 is 16.0 Å². The lowest BCUT2D eigenvalue weighted by atomic mass is 10.1. The summed E-state index contributed by atoms with van der Waals surface area (Å²) >= 11 is 0. The number of aromatic nitrogens is 2. The predicted octanol–water partition coefficient (Wildman–Crippen LogP) is 3.25. The number of guanidine groups is 1. The smallest absolute Gasteiger partial charge is 0.243 e. The second kappa shape index (κ2) is 12.1. The fourth-order valence-corrected chi connectivity index (χ4v) is 2.76. The molecule has 170 valence electrons. The van der Waals surface area contributed by atoms with Crippen LogP contribution in [0.2, 0.25) is 0 Å². The van der Waals surface area contributed by atoms with E-state index in [0.717, 1.165) is 23.4 Å². The fraction of sp³-hybridized carbons (Fsp3) is 0.190. The van der Waals surface area contributed by atoms with Gasteiger partial charge in [-0.1, -0.05) is 12.1 Å². The van der Waals surface area contributed by atoms with E-state index in [1.807, 2.05) is 36.5 Å². The van der Waals surface area contributed by atoms with Crippen molar-refractivity contribution in [3.63, 3.8) is 0 Å². The van der Waals surface area contributed by atoms with Gasteiger partial charge in [-0.25, -0.2) is 17.9 Å². The van der Waals surface area contributed by atoms with Gasteiger partial charge >= 0.3 is 0 Å². The Morgan fingerprint density at radius 1 is 1.06 bits per heavy atom. The number of halogens is 4. The molecule has 11 heteroatoms. The molecule has 3 rings (SSSR count). The van der Waals surface area contributed by atoms with E-state index in [2.05, 4.69) is 26.0 Å². The number of carbonyl (C=O) groups excluding carboxylic acids is 1. The zero-order valence-corrected chi connectivity index (χ0v) is 19.4. The number of nitrogens with zero attached hydrogens (tertiary/aromatic N) is 3. The molecule has 0 bridgehead atoms. The summed E-state index contributed by atoms with van der Waals surface area (Å²) in [4.78, 5) is 16.0. The van der Waals surface area contributed by atoms with Crippen molar-refractivity contribution in [2.75, 3.05) is 25.5 Å². The van der Waals surface area contributed by atoms with Crippen LogP contribution in [0.3, 0.4) is 0 Å². The van der Waals surface area contributed by atoms with Gasteiger partial charge in [0.25, 0.3) is 0 Å². The van der Waals surface area contributed by atoms with Crippen LogP contribution in [0.4, 0.5) is 18.9 Å². The monoisotopic (exact) mass is 558 g/mol. The van der Waals surface area contributed by atoms with E-state index in [9.17, 15) is 18.0 Å². The average molecular weight is 558 g/mol. The zero-order valence-electron chi connectivity index (χ0n) is 17.1. The van der Waals surface area contributed by atoms with Gasteiger partial charge in [-0.15, -0.1) is 24.0 Å². The molecule has 2 aromatic carbocycles. The first-order valence-electron chi connectivity index (χ1n) is 9.44. The third-order valence-electron chi connectivity index (χ3n) is 4.36. The minimum absolute atomic E-state index is 0. The number of anilines is 1. The van der Waals surface area contributed by atoms with E-state index >= 15 is 0 Å². The van der Waals surface area contributed by atoms with E-state index in [1.165, 1.54) is 0 Å². The lowest BCUT2D eigenvalue weighted by molar-refractivity contribution is -0.115. The molecular weight excluding hydrogens is 536 g/mol. The van der Waals surface area contributed by atoms with Crippen LogP contribution in [0, 0.1) is 17.5 Å². The van der Waals surface area contributed by atoms with Gasteiger partial charge in [0.2, 0.25) is 5.91 Å². The Hall–Kier alpha value is -3.09. The Morgan fingerprint density at radius 3 is 2.47 bits per heavy atom. The predicted molar refractivity (Wildman–Crippen MR) is 127 cm³/mol. The number of carbonyl (C=O) groups is 1. The van der Waals surface area contributed by atoms with Crippen LogP contribution >= 0.6 is 24.0 Å². The quantitative estimate of drug-likeness (QED) is 0.180. The molecule has 0 unspecified atom stereocenters. The van der Waals surface area contributed by atoms with E-state index in [-0.39, 0.29) is 30.5 Å². The zero-order chi connectivity index (χ0) is 22.2. The fourth-order valence-electron chi connectivity index (χ4n) is 2.76. The molecule has 0 aliphatic heterocycles. The molecule has 3 N–H and O–H groups in total. The number of nitrogens with one attached hydrogen (secondary N) is 3. The first kappa shape index (κ1) is 25.2. The topological polar surface area (TPSA) is 83.3 Å². The molecule has 0 spiro atoms. The first-order chi connectivity index (χ1) is 15.0. The van der Waals surface area contributed by atoms with Gasteiger partial charge in [0.05, 0.1) is 17.9 Å². The Labute approximate surface area is 200 Å². The lowest BCUT2D eigenvalue weighted by Gasteiger charge is -2.12. The minimum Gasteiger partial charge on any atom is -0.356 e. The Balaban J connectivity index is 0.00000363. The normalized spacial score (nSPS) is 10.9. The first-order valence-corrected chi connectivity index (χ1v) is 9.44. The molecule has 32 heavy (non-hydrogen) atoms. The molecule has 1 heterocycles. The Bertz CT molecular complexity index is 1060. The van der Waals surface area contributed by atoms with Crippen molar-refractivity contribution in [1.29, 1.82) is 0 Å². The van der Waals surface area contributed by atoms with Crippen molar-refractivity contribution in [3.05, 3.63) is 77.9 Å². The number of hydrogen-bond donors (Lipinski definition) is 3.